The minimum Gasteiger partial charge on any atom is -0.479 e. The van der Waals surface area contributed by atoms with Gasteiger partial charge < -0.3 is 25.5 Å². The molecule has 1 aromatic rings. The molecule has 2 atom stereocenters. The number of hydrogen-bond acceptors (Lipinski definition) is 4. The molecule has 2 unspecified atom stereocenters. The number of hydrogen-bond donors (Lipinski definition) is 3. The van der Waals surface area contributed by atoms with Gasteiger partial charge in [-0.15, -0.1) is 0 Å². The maximum Gasteiger partial charge on any atom is 0.348 e. The number of ether oxygens (including phenoxy) is 1. The summed E-state index contributed by atoms with van der Waals surface area (Å²) in [6, 6.07) is 6.36. The fraction of sp³-hybridized carbons (Fsp3) is 0.273. The van der Waals surface area contributed by atoms with Crippen LogP contribution in [0.25, 0.3) is 0 Å². The van der Waals surface area contributed by atoms with Crippen molar-refractivity contribution in [1.82, 2.24) is 0 Å². The number of rotatable bonds is 5. The van der Waals surface area contributed by atoms with E-state index >= 15 is 0 Å². The van der Waals surface area contributed by atoms with Crippen molar-refractivity contribution in [2.24, 2.45) is 0 Å². The highest BCUT2D eigenvalue weighted by Crippen LogP contribution is 2.15. The first-order valence-electron chi connectivity index (χ1n) is 4.79. The van der Waals surface area contributed by atoms with Gasteiger partial charge in [-0.3, -0.25) is 0 Å². The van der Waals surface area contributed by atoms with Gasteiger partial charge in [0.2, 0.25) is 6.10 Å². The Bertz CT molecular complexity index is 412. The summed E-state index contributed by atoms with van der Waals surface area (Å²) in [4.78, 5) is 21.3. The Labute approximate surface area is 103 Å². The second-order valence-electron chi connectivity index (χ2n) is 3.47. The Morgan fingerprint density at radius 3 is 2.00 bits per heavy atom. The molecule has 0 aliphatic heterocycles. The van der Waals surface area contributed by atoms with Crippen LogP contribution in [0.5, 0.6) is 5.75 Å². The Morgan fingerprint density at radius 2 is 1.61 bits per heavy atom. The lowest BCUT2D eigenvalue weighted by Gasteiger charge is -2.17. The number of aliphatic hydroxyl groups is 1. The number of benzene rings is 1. The number of carboxylic acids is 2. The zero-order valence-corrected chi connectivity index (χ0v) is 9.53. The molecule has 0 saturated carbocycles. The average Bonchev–Trinajstić information content (AvgIpc) is 2.26. The minimum absolute atomic E-state index is 0. The molecule has 0 amide bonds. The van der Waals surface area contributed by atoms with Gasteiger partial charge in [-0.25, -0.2) is 9.59 Å². The van der Waals surface area contributed by atoms with E-state index in [2.05, 4.69) is 0 Å². The van der Waals surface area contributed by atoms with Crippen molar-refractivity contribution in [3.05, 3.63) is 29.8 Å². The quantitative estimate of drug-likeness (QED) is 0.648. The zero-order valence-electron chi connectivity index (χ0n) is 9.53. The van der Waals surface area contributed by atoms with Crippen LogP contribution in [0.4, 0.5) is 0 Å². The molecule has 18 heavy (non-hydrogen) atoms. The number of aryl methyl sites for hydroxylation is 1. The Hall–Kier alpha value is -2.12. The molecule has 1 aromatic carbocycles. The van der Waals surface area contributed by atoms with E-state index in [1.165, 1.54) is 12.1 Å². The number of carbonyl (C=O) groups is 2. The molecule has 0 heterocycles. The maximum atomic E-state index is 10.8. The third-order valence-electron chi connectivity index (χ3n) is 2.07. The molecule has 7 heteroatoms. The molecule has 0 aliphatic carbocycles. The zero-order chi connectivity index (χ0) is 13.0. The van der Waals surface area contributed by atoms with Gasteiger partial charge in [0, 0.05) is 0 Å². The Kier molecular flexibility index (Phi) is 5.80. The molecule has 0 radical (unpaired) electrons. The highest BCUT2D eigenvalue weighted by molar-refractivity contribution is 5.83. The summed E-state index contributed by atoms with van der Waals surface area (Å²) in [5.41, 5.74) is 0.947. The lowest BCUT2D eigenvalue weighted by molar-refractivity contribution is -0.163. The monoisotopic (exact) mass is 258 g/mol. The Morgan fingerprint density at radius 1 is 1.11 bits per heavy atom. The van der Waals surface area contributed by atoms with Crippen LogP contribution in [0, 0.1) is 6.92 Å². The van der Waals surface area contributed by atoms with Crippen molar-refractivity contribution in [1.29, 1.82) is 0 Å². The predicted octanol–water partition coefficient (Wildman–Crippen LogP) is -0.552. The number of carboxylic acid groups (broad SMARTS) is 2. The fourth-order valence-corrected chi connectivity index (χ4v) is 1.14. The maximum absolute atomic E-state index is 10.8. The highest BCUT2D eigenvalue weighted by atomic mass is 16.5. The predicted molar refractivity (Wildman–Crippen MR) is 60.5 cm³/mol. The topological polar surface area (TPSA) is 136 Å². The fourth-order valence-electron chi connectivity index (χ4n) is 1.14. The van der Waals surface area contributed by atoms with Gasteiger partial charge in [0.25, 0.3) is 0 Å². The second-order valence-corrected chi connectivity index (χ2v) is 3.47. The van der Waals surface area contributed by atoms with E-state index in [1.54, 1.807) is 12.1 Å². The normalized spacial score (nSPS) is 13.0. The van der Waals surface area contributed by atoms with Gasteiger partial charge in [0.15, 0.2) is 6.10 Å². The first-order chi connectivity index (χ1) is 7.91. The van der Waals surface area contributed by atoms with Crippen molar-refractivity contribution in [2.45, 2.75) is 19.1 Å². The molecule has 1 rings (SSSR count). The lowest BCUT2D eigenvalue weighted by atomic mass is 10.2. The summed E-state index contributed by atoms with van der Waals surface area (Å²) >= 11 is 0. The van der Waals surface area contributed by atoms with Crippen molar-refractivity contribution >= 4 is 11.9 Å². The van der Waals surface area contributed by atoms with Gasteiger partial charge in [0.05, 0.1) is 0 Å². The van der Waals surface area contributed by atoms with Gasteiger partial charge in [-0.1, -0.05) is 17.7 Å². The van der Waals surface area contributed by atoms with Crippen molar-refractivity contribution in [2.75, 3.05) is 0 Å². The third kappa shape index (κ3) is 4.04. The molecule has 100 valence electrons. The molecule has 0 spiro atoms. The van der Waals surface area contributed by atoms with E-state index in [4.69, 9.17) is 20.1 Å². The molecule has 7 nitrogen and oxygen atoms in total. The highest BCUT2D eigenvalue weighted by Gasteiger charge is 2.34. The van der Waals surface area contributed by atoms with Crippen molar-refractivity contribution in [3.8, 4) is 5.75 Å². The molecule has 0 aromatic heterocycles. The van der Waals surface area contributed by atoms with Crippen LogP contribution in [-0.4, -0.2) is 44.9 Å². The average molecular weight is 258 g/mol. The van der Waals surface area contributed by atoms with Gasteiger partial charge in [0.1, 0.15) is 5.75 Å². The first-order valence-corrected chi connectivity index (χ1v) is 4.79. The summed E-state index contributed by atoms with van der Waals surface area (Å²) in [7, 11) is 0. The third-order valence-corrected chi connectivity index (χ3v) is 2.07. The second kappa shape index (κ2) is 6.58. The van der Waals surface area contributed by atoms with E-state index in [0.29, 0.717) is 0 Å². The Balaban J connectivity index is 0.00000289. The smallest absolute Gasteiger partial charge is 0.348 e. The molecule has 0 aliphatic rings. The summed E-state index contributed by atoms with van der Waals surface area (Å²) in [6.07, 6.45) is -3.95. The summed E-state index contributed by atoms with van der Waals surface area (Å²) in [5, 5.41) is 26.5. The van der Waals surface area contributed by atoms with Crippen LogP contribution >= 0.6 is 0 Å². The van der Waals surface area contributed by atoms with Gasteiger partial charge >= 0.3 is 11.9 Å². The molecule has 0 saturated heterocycles. The van der Waals surface area contributed by atoms with E-state index in [-0.39, 0.29) is 11.2 Å². The largest absolute Gasteiger partial charge is 0.479 e. The van der Waals surface area contributed by atoms with Crippen molar-refractivity contribution in [3.63, 3.8) is 0 Å². The molecular weight excluding hydrogens is 244 g/mol. The molecule has 0 fully saturated rings. The summed E-state index contributed by atoms with van der Waals surface area (Å²) in [5.74, 6) is -3.01. The minimum atomic E-state index is -2.12. The van der Waals surface area contributed by atoms with E-state index in [9.17, 15) is 9.59 Å². The standard InChI is InChI=1S/C11H12O6.H2O/c1-6-2-4-7(5-3-6)17-9(11(15)16)8(12)10(13)14;/h2-5,8-9,12H,1H3,(H,13,14)(H,15,16);1H2. The van der Waals surface area contributed by atoms with Gasteiger partial charge in [-0.05, 0) is 19.1 Å². The molecule has 5 N–H and O–H groups in total. The van der Waals surface area contributed by atoms with Crippen LogP contribution < -0.4 is 4.74 Å². The number of aliphatic hydroxyl groups excluding tert-OH is 1. The van der Waals surface area contributed by atoms with E-state index in [1.807, 2.05) is 6.92 Å². The van der Waals surface area contributed by atoms with E-state index in [0.717, 1.165) is 5.56 Å². The number of aliphatic carboxylic acids is 2. The van der Waals surface area contributed by atoms with Crippen LogP contribution in [-0.2, 0) is 9.59 Å². The van der Waals surface area contributed by atoms with E-state index < -0.39 is 24.1 Å². The summed E-state index contributed by atoms with van der Waals surface area (Å²) in [6.45, 7) is 1.84. The lowest BCUT2D eigenvalue weighted by Crippen LogP contribution is -2.43. The molecular formula is C11H14O7. The summed E-state index contributed by atoms with van der Waals surface area (Å²) < 4.78 is 4.92. The molecule has 0 bridgehead atoms. The van der Waals surface area contributed by atoms with Crippen LogP contribution in [0.3, 0.4) is 0 Å². The van der Waals surface area contributed by atoms with Crippen LogP contribution in [0.1, 0.15) is 5.56 Å². The van der Waals surface area contributed by atoms with Crippen LogP contribution in [0.15, 0.2) is 24.3 Å². The van der Waals surface area contributed by atoms with Gasteiger partial charge in [-0.2, -0.15) is 0 Å². The first kappa shape index (κ1) is 15.9. The van der Waals surface area contributed by atoms with Crippen molar-refractivity contribution < 1.29 is 35.1 Å². The SMILES string of the molecule is Cc1ccc(OC(C(=O)O)C(O)C(=O)O)cc1.O. The van der Waals surface area contributed by atoms with Crippen LogP contribution in [0.2, 0.25) is 0 Å².